The summed E-state index contributed by atoms with van der Waals surface area (Å²) in [7, 11) is 0. The van der Waals surface area contributed by atoms with Crippen LogP contribution in [0.25, 0.3) is 0 Å². The van der Waals surface area contributed by atoms with E-state index in [1.54, 1.807) is 13.0 Å². The number of anilines is 1. The summed E-state index contributed by atoms with van der Waals surface area (Å²) in [4.78, 5) is 7.71. The van der Waals surface area contributed by atoms with Crippen molar-refractivity contribution in [3.8, 4) is 5.75 Å². The zero-order valence-electron chi connectivity index (χ0n) is 9.60. The van der Waals surface area contributed by atoms with Crippen molar-refractivity contribution in [1.29, 1.82) is 0 Å². The zero-order valence-corrected chi connectivity index (χ0v) is 9.60. The molecule has 0 saturated heterocycles. The Balaban J connectivity index is 2.18. The maximum absolute atomic E-state index is 13.4. The van der Waals surface area contributed by atoms with Gasteiger partial charge in [0, 0.05) is 12.3 Å². The Kier molecular flexibility index (Phi) is 3.36. The molecule has 1 unspecified atom stereocenters. The van der Waals surface area contributed by atoms with E-state index in [0.717, 1.165) is 12.1 Å². The Morgan fingerprint density at radius 1 is 1.28 bits per heavy atom. The molecule has 2 N–H and O–H groups in total. The molecule has 0 fully saturated rings. The van der Waals surface area contributed by atoms with Crippen LogP contribution in [0, 0.1) is 11.6 Å². The molecule has 0 aliphatic heterocycles. The number of hydrogen-bond acceptors (Lipinski definition) is 4. The van der Waals surface area contributed by atoms with Crippen molar-refractivity contribution in [3.63, 3.8) is 0 Å². The number of nitrogens with zero attached hydrogens (tertiary/aromatic N) is 2. The van der Waals surface area contributed by atoms with Crippen molar-refractivity contribution >= 4 is 5.95 Å². The normalized spacial score (nSPS) is 12.2. The molecule has 1 aromatic carbocycles. The van der Waals surface area contributed by atoms with Crippen molar-refractivity contribution in [3.05, 3.63) is 47.8 Å². The first kappa shape index (κ1) is 12.2. The van der Waals surface area contributed by atoms with Crippen LogP contribution in [0.3, 0.4) is 0 Å². The van der Waals surface area contributed by atoms with E-state index in [1.807, 2.05) is 0 Å². The highest BCUT2D eigenvalue weighted by Crippen LogP contribution is 2.24. The average molecular weight is 251 g/mol. The monoisotopic (exact) mass is 251 g/mol. The molecule has 2 rings (SSSR count). The summed E-state index contributed by atoms with van der Waals surface area (Å²) in [5, 5.41) is 0. The predicted molar refractivity (Wildman–Crippen MR) is 61.8 cm³/mol. The van der Waals surface area contributed by atoms with Crippen molar-refractivity contribution < 1.29 is 13.5 Å². The fourth-order valence-corrected chi connectivity index (χ4v) is 1.44. The fraction of sp³-hybridized carbons (Fsp3) is 0.167. The molecule has 0 spiro atoms. The van der Waals surface area contributed by atoms with Gasteiger partial charge in [-0.3, -0.25) is 0 Å². The molecule has 0 radical (unpaired) electrons. The highest BCUT2D eigenvalue weighted by atomic mass is 19.1. The summed E-state index contributed by atoms with van der Waals surface area (Å²) >= 11 is 0. The van der Waals surface area contributed by atoms with Crippen molar-refractivity contribution in [2.75, 3.05) is 5.73 Å². The number of rotatable bonds is 3. The molecule has 1 aromatic heterocycles. The molecule has 0 aliphatic rings. The van der Waals surface area contributed by atoms with Crippen LogP contribution in [0.4, 0.5) is 14.7 Å². The molecule has 18 heavy (non-hydrogen) atoms. The van der Waals surface area contributed by atoms with Crippen LogP contribution in [-0.2, 0) is 0 Å². The Labute approximate surface area is 102 Å². The third kappa shape index (κ3) is 2.71. The lowest BCUT2D eigenvalue weighted by Gasteiger charge is -2.14. The first-order chi connectivity index (χ1) is 8.56. The minimum absolute atomic E-state index is 0.0407. The van der Waals surface area contributed by atoms with Crippen LogP contribution in [0.2, 0.25) is 0 Å². The van der Waals surface area contributed by atoms with Gasteiger partial charge in [0.15, 0.2) is 11.6 Å². The Morgan fingerprint density at radius 2 is 2.06 bits per heavy atom. The van der Waals surface area contributed by atoms with E-state index in [1.165, 1.54) is 12.3 Å². The molecule has 1 atom stereocenters. The Morgan fingerprint density at radius 3 is 2.72 bits per heavy atom. The predicted octanol–water partition coefficient (Wildman–Crippen LogP) is 2.48. The summed E-state index contributed by atoms with van der Waals surface area (Å²) in [6.07, 6.45) is 0.966. The van der Waals surface area contributed by atoms with Gasteiger partial charge in [-0.25, -0.2) is 18.7 Å². The summed E-state index contributed by atoms with van der Waals surface area (Å²) in [6, 6.07) is 4.73. The lowest BCUT2D eigenvalue weighted by Crippen LogP contribution is -2.08. The minimum Gasteiger partial charge on any atom is -0.481 e. The lowest BCUT2D eigenvalue weighted by atomic mass is 10.2. The number of hydrogen-bond donors (Lipinski definition) is 1. The summed E-state index contributed by atoms with van der Waals surface area (Å²) in [5.74, 6) is -1.34. The fourth-order valence-electron chi connectivity index (χ4n) is 1.44. The van der Waals surface area contributed by atoms with Crippen LogP contribution in [-0.4, -0.2) is 9.97 Å². The van der Waals surface area contributed by atoms with Gasteiger partial charge in [0.05, 0.1) is 5.69 Å². The zero-order chi connectivity index (χ0) is 13.1. The molecule has 2 aromatic rings. The van der Waals surface area contributed by atoms with Crippen LogP contribution >= 0.6 is 0 Å². The lowest BCUT2D eigenvalue weighted by molar-refractivity contribution is 0.211. The molecule has 4 nitrogen and oxygen atoms in total. The average Bonchev–Trinajstić information content (AvgIpc) is 2.32. The summed E-state index contributed by atoms with van der Waals surface area (Å²) in [5.41, 5.74) is 5.96. The number of halogens is 2. The molecule has 94 valence electrons. The molecule has 0 saturated carbocycles. The largest absolute Gasteiger partial charge is 0.481 e. The third-order valence-corrected chi connectivity index (χ3v) is 2.31. The molecule has 0 bridgehead atoms. The topological polar surface area (TPSA) is 61.0 Å². The van der Waals surface area contributed by atoms with E-state index in [4.69, 9.17) is 10.5 Å². The molecule has 6 heteroatoms. The second-order valence-electron chi connectivity index (χ2n) is 3.67. The van der Waals surface area contributed by atoms with Gasteiger partial charge in [-0.1, -0.05) is 0 Å². The van der Waals surface area contributed by atoms with Crippen molar-refractivity contribution in [2.45, 2.75) is 13.0 Å². The summed E-state index contributed by atoms with van der Waals surface area (Å²) in [6.45, 7) is 1.69. The van der Waals surface area contributed by atoms with Gasteiger partial charge in [-0.2, -0.15) is 0 Å². The second-order valence-corrected chi connectivity index (χ2v) is 3.67. The van der Waals surface area contributed by atoms with E-state index < -0.39 is 17.7 Å². The van der Waals surface area contributed by atoms with Gasteiger partial charge in [0.25, 0.3) is 0 Å². The van der Waals surface area contributed by atoms with E-state index in [-0.39, 0.29) is 11.7 Å². The maximum Gasteiger partial charge on any atom is 0.220 e. The van der Waals surface area contributed by atoms with Crippen molar-refractivity contribution in [2.24, 2.45) is 0 Å². The first-order valence-electron chi connectivity index (χ1n) is 5.26. The summed E-state index contributed by atoms with van der Waals surface area (Å²) < 4.78 is 31.5. The van der Waals surface area contributed by atoms with Crippen molar-refractivity contribution in [1.82, 2.24) is 9.97 Å². The van der Waals surface area contributed by atoms with Gasteiger partial charge in [-0.05, 0) is 25.1 Å². The molecule has 0 aliphatic carbocycles. The molecule has 0 amide bonds. The number of aromatic nitrogens is 2. The van der Waals surface area contributed by atoms with Gasteiger partial charge in [-0.15, -0.1) is 0 Å². The highest BCUT2D eigenvalue weighted by molar-refractivity contribution is 5.26. The number of ether oxygens (including phenoxy) is 1. The molecular weight excluding hydrogens is 240 g/mol. The third-order valence-electron chi connectivity index (χ3n) is 2.31. The quantitative estimate of drug-likeness (QED) is 0.910. The minimum atomic E-state index is -0.760. The number of benzene rings is 1. The number of nitrogens with two attached hydrogens (primary N) is 1. The van der Waals surface area contributed by atoms with Gasteiger partial charge in [0.2, 0.25) is 5.95 Å². The van der Waals surface area contributed by atoms with Crippen LogP contribution in [0.15, 0.2) is 30.5 Å². The van der Waals surface area contributed by atoms with E-state index in [2.05, 4.69) is 9.97 Å². The van der Waals surface area contributed by atoms with E-state index in [0.29, 0.717) is 5.69 Å². The van der Waals surface area contributed by atoms with Crippen LogP contribution < -0.4 is 10.5 Å². The Bertz CT molecular complexity index is 563. The van der Waals surface area contributed by atoms with Gasteiger partial charge >= 0.3 is 0 Å². The van der Waals surface area contributed by atoms with E-state index >= 15 is 0 Å². The Hall–Kier alpha value is -2.24. The van der Waals surface area contributed by atoms with Gasteiger partial charge in [0.1, 0.15) is 11.9 Å². The standard InChI is InChI=1S/C12H11F2N3O/c1-7(10-4-5-16-12(15)17-10)18-11-3-2-8(13)6-9(11)14/h2-7H,1H3,(H2,15,16,17). The molecule has 1 heterocycles. The second kappa shape index (κ2) is 4.95. The smallest absolute Gasteiger partial charge is 0.220 e. The highest BCUT2D eigenvalue weighted by Gasteiger charge is 2.12. The van der Waals surface area contributed by atoms with Crippen LogP contribution in [0.1, 0.15) is 18.7 Å². The van der Waals surface area contributed by atoms with Crippen LogP contribution in [0.5, 0.6) is 5.75 Å². The SMILES string of the molecule is CC(Oc1ccc(F)cc1F)c1ccnc(N)n1. The van der Waals surface area contributed by atoms with E-state index in [9.17, 15) is 8.78 Å². The number of nitrogen functional groups attached to an aromatic ring is 1. The maximum atomic E-state index is 13.4. The molecular formula is C12H11F2N3O. The van der Waals surface area contributed by atoms with Gasteiger partial charge < -0.3 is 10.5 Å². The first-order valence-corrected chi connectivity index (χ1v) is 5.26.